The van der Waals surface area contributed by atoms with Crippen molar-refractivity contribution in [2.45, 2.75) is 32.3 Å². The topological polar surface area (TPSA) is 38.7 Å². The summed E-state index contributed by atoms with van der Waals surface area (Å²) >= 11 is 0. The highest BCUT2D eigenvalue weighted by Crippen LogP contribution is 2.33. The molecule has 1 atom stereocenters. The van der Waals surface area contributed by atoms with E-state index >= 15 is 0 Å². The third-order valence-electron chi connectivity index (χ3n) is 4.05. The molecule has 0 heterocycles. The number of hydrogen-bond donors (Lipinski definition) is 1. The van der Waals surface area contributed by atoms with Crippen LogP contribution in [0, 0.1) is 0 Å². The molecule has 0 aliphatic heterocycles. The summed E-state index contributed by atoms with van der Waals surface area (Å²) in [7, 11) is 1.68. The van der Waals surface area contributed by atoms with E-state index < -0.39 is 0 Å². The van der Waals surface area contributed by atoms with Crippen LogP contribution in [-0.2, 0) is 10.2 Å². The first-order chi connectivity index (χ1) is 10.4. The highest BCUT2D eigenvalue weighted by Gasteiger charge is 2.23. The Balaban J connectivity index is 2.13. The Bertz CT molecular complexity index is 585. The van der Waals surface area contributed by atoms with Gasteiger partial charge in [0.1, 0.15) is 18.1 Å². The van der Waals surface area contributed by atoms with Crippen LogP contribution in [0.5, 0.6) is 11.5 Å². The van der Waals surface area contributed by atoms with Gasteiger partial charge in [0.05, 0.1) is 6.10 Å². The first kappa shape index (κ1) is 16.4. The van der Waals surface area contributed by atoms with Crippen molar-refractivity contribution in [1.82, 2.24) is 0 Å². The van der Waals surface area contributed by atoms with Gasteiger partial charge in [-0.05, 0) is 42.3 Å². The number of aromatic hydroxyl groups is 1. The lowest BCUT2D eigenvalue weighted by Crippen LogP contribution is -2.19. The molecule has 2 aromatic rings. The lowest BCUT2D eigenvalue weighted by Gasteiger charge is -2.26. The van der Waals surface area contributed by atoms with Gasteiger partial charge in [-0.3, -0.25) is 0 Å². The van der Waals surface area contributed by atoms with Crippen molar-refractivity contribution >= 4 is 0 Å². The van der Waals surface area contributed by atoms with Gasteiger partial charge in [-0.25, -0.2) is 0 Å². The largest absolute Gasteiger partial charge is 0.508 e. The monoisotopic (exact) mass is 300 g/mol. The number of phenols is 1. The predicted octanol–water partition coefficient (Wildman–Crippen LogP) is 4.13. The van der Waals surface area contributed by atoms with Crippen LogP contribution in [0.15, 0.2) is 48.5 Å². The zero-order valence-electron chi connectivity index (χ0n) is 13.7. The zero-order chi connectivity index (χ0) is 16.2. The van der Waals surface area contributed by atoms with Crippen LogP contribution in [0.3, 0.4) is 0 Å². The molecule has 0 saturated heterocycles. The second-order valence-corrected chi connectivity index (χ2v) is 6.05. The molecule has 22 heavy (non-hydrogen) atoms. The minimum absolute atomic E-state index is 0.0770. The van der Waals surface area contributed by atoms with Gasteiger partial charge in [-0.1, -0.05) is 38.1 Å². The average molecular weight is 300 g/mol. The summed E-state index contributed by atoms with van der Waals surface area (Å²) < 4.78 is 10.9. The Morgan fingerprint density at radius 2 is 1.45 bits per heavy atom. The minimum Gasteiger partial charge on any atom is -0.508 e. The van der Waals surface area contributed by atoms with Gasteiger partial charge in [0, 0.05) is 12.5 Å². The first-order valence-corrected chi connectivity index (χ1v) is 7.49. The Kier molecular flexibility index (Phi) is 5.09. The second kappa shape index (κ2) is 6.84. The fourth-order valence-electron chi connectivity index (χ4n) is 2.29. The molecule has 0 radical (unpaired) electrons. The van der Waals surface area contributed by atoms with E-state index in [4.69, 9.17) is 9.47 Å². The number of rotatable bonds is 6. The number of phenolic OH excluding ortho intramolecular Hbond substituents is 1. The van der Waals surface area contributed by atoms with Gasteiger partial charge < -0.3 is 14.6 Å². The van der Waals surface area contributed by atoms with Crippen molar-refractivity contribution in [3.05, 3.63) is 59.7 Å². The number of methoxy groups -OCH3 is 1. The number of hydrogen-bond acceptors (Lipinski definition) is 3. The van der Waals surface area contributed by atoms with Crippen LogP contribution < -0.4 is 4.74 Å². The van der Waals surface area contributed by atoms with Crippen molar-refractivity contribution in [3.8, 4) is 11.5 Å². The third-order valence-corrected chi connectivity index (χ3v) is 4.05. The molecular weight excluding hydrogens is 276 g/mol. The van der Waals surface area contributed by atoms with E-state index in [0.717, 1.165) is 11.3 Å². The first-order valence-electron chi connectivity index (χ1n) is 7.49. The van der Waals surface area contributed by atoms with Gasteiger partial charge in [-0.2, -0.15) is 0 Å². The molecule has 118 valence electrons. The lowest BCUT2D eigenvalue weighted by atomic mass is 9.78. The highest BCUT2D eigenvalue weighted by molar-refractivity contribution is 5.41. The SMILES string of the molecule is COC(C)COc1ccc(C(C)(C)c2ccc(O)cc2)cc1. The Morgan fingerprint density at radius 3 is 1.95 bits per heavy atom. The summed E-state index contributed by atoms with van der Waals surface area (Å²) in [5.74, 6) is 1.13. The van der Waals surface area contributed by atoms with E-state index in [1.54, 1.807) is 19.2 Å². The third kappa shape index (κ3) is 3.80. The molecule has 1 unspecified atom stereocenters. The van der Waals surface area contributed by atoms with Crippen molar-refractivity contribution < 1.29 is 14.6 Å². The van der Waals surface area contributed by atoms with Crippen LogP contribution in [0.1, 0.15) is 31.9 Å². The van der Waals surface area contributed by atoms with Crippen LogP contribution >= 0.6 is 0 Å². The molecule has 1 N–H and O–H groups in total. The van der Waals surface area contributed by atoms with Crippen LogP contribution in [0.25, 0.3) is 0 Å². The molecule has 2 aromatic carbocycles. The molecule has 0 aromatic heterocycles. The van der Waals surface area contributed by atoms with E-state index in [2.05, 4.69) is 26.0 Å². The molecule has 0 bridgehead atoms. The van der Waals surface area contributed by atoms with Gasteiger partial charge in [0.2, 0.25) is 0 Å². The van der Waals surface area contributed by atoms with Crippen molar-refractivity contribution in [2.24, 2.45) is 0 Å². The van der Waals surface area contributed by atoms with E-state index in [1.165, 1.54) is 5.56 Å². The lowest BCUT2D eigenvalue weighted by molar-refractivity contribution is 0.0716. The average Bonchev–Trinajstić information content (AvgIpc) is 2.53. The Labute approximate surface area is 132 Å². The molecule has 0 spiro atoms. The summed E-state index contributed by atoms with van der Waals surface area (Å²) in [4.78, 5) is 0. The maximum Gasteiger partial charge on any atom is 0.119 e. The Morgan fingerprint density at radius 1 is 0.955 bits per heavy atom. The fourth-order valence-corrected chi connectivity index (χ4v) is 2.29. The molecule has 0 saturated carbocycles. The van der Waals surface area contributed by atoms with Crippen LogP contribution in [0.4, 0.5) is 0 Å². The fraction of sp³-hybridized carbons (Fsp3) is 0.368. The molecule has 3 heteroatoms. The van der Waals surface area contributed by atoms with Gasteiger partial charge >= 0.3 is 0 Å². The molecule has 0 aliphatic rings. The minimum atomic E-state index is -0.133. The summed E-state index contributed by atoms with van der Waals surface area (Å²) in [5.41, 5.74) is 2.23. The molecule has 0 amide bonds. The van der Waals surface area contributed by atoms with Crippen molar-refractivity contribution in [3.63, 3.8) is 0 Å². The summed E-state index contributed by atoms with van der Waals surface area (Å²) in [5, 5.41) is 9.43. The number of benzene rings is 2. The van der Waals surface area contributed by atoms with Gasteiger partial charge in [-0.15, -0.1) is 0 Å². The van der Waals surface area contributed by atoms with E-state index in [9.17, 15) is 5.11 Å². The molecule has 0 aliphatic carbocycles. The predicted molar refractivity (Wildman–Crippen MR) is 88.6 cm³/mol. The highest BCUT2D eigenvalue weighted by atomic mass is 16.5. The van der Waals surface area contributed by atoms with Crippen LogP contribution in [-0.4, -0.2) is 24.9 Å². The summed E-state index contributed by atoms with van der Waals surface area (Å²) in [6.45, 7) is 6.85. The molecule has 2 rings (SSSR count). The molecule has 0 fully saturated rings. The second-order valence-electron chi connectivity index (χ2n) is 6.05. The molecule has 3 nitrogen and oxygen atoms in total. The van der Waals surface area contributed by atoms with Gasteiger partial charge in [0.15, 0.2) is 0 Å². The van der Waals surface area contributed by atoms with Crippen LogP contribution in [0.2, 0.25) is 0 Å². The maximum absolute atomic E-state index is 9.43. The summed E-state index contributed by atoms with van der Waals surface area (Å²) in [6.07, 6.45) is 0.0770. The standard InChI is InChI=1S/C19H24O3/c1-14(21-4)13-22-18-11-7-16(8-12-18)19(2,3)15-5-9-17(20)10-6-15/h5-12,14,20H,13H2,1-4H3. The zero-order valence-corrected chi connectivity index (χ0v) is 13.7. The smallest absolute Gasteiger partial charge is 0.119 e. The van der Waals surface area contributed by atoms with E-state index in [-0.39, 0.29) is 17.3 Å². The normalized spacial score (nSPS) is 12.9. The van der Waals surface area contributed by atoms with Crippen molar-refractivity contribution in [2.75, 3.05) is 13.7 Å². The van der Waals surface area contributed by atoms with Crippen molar-refractivity contribution in [1.29, 1.82) is 0 Å². The maximum atomic E-state index is 9.43. The Hall–Kier alpha value is -2.00. The molecular formula is C19H24O3. The van der Waals surface area contributed by atoms with Gasteiger partial charge in [0.25, 0.3) is 0 Å². The number of ether oxygens (including phenoxy) is 2. The summed E-state index contributed by atoms with van der Waals surface area (Å²) in [6, 6.07) is 15.5. The quantitative estimate of drug-likeness (QED) is 0.871. The van der Waals surface area contributed by atoms with E-state index in [0.29, 0.717) is 6.61 Å². The van der Waals surface area contributed by atoms with E-state index in [1.807, 2.05) is 31.2 Å².